The molecule has 0 radical (unpaired) electrons. The number of ether oxygens (including phenoxy) is 2. The van der Waals surface area contributed by atoms with Crippen LogP contribution in [0, 0.1) is 24.4 Å². The van der Waals surface area contributed by atoms with Crippen molar-refractivity contribution in [3.05, 3.63) is 112 Å². The summed E-state index contributed by atoms with van der Waals surface area (Å²) in [4.78, 5) is 20.7. The number of aryl methyl sites for hydroxylation is 1. The lowest BCUT2D eigenvalue weighted by Crippen LogP contribution is -2.22. The van der Waals surface area contributed by atoms with E-state index in [2.05, 4.69) is 4.98 Å². The summed E-state index contributed by atoms with van der Waals surface area (Å²) < 4.78 is 58.7. The molecule has 44 heavy (non-hydrogen) atoms. The zero-order valence-electron chi connectivity index (χ0n) is 24.2. The van der Waals surface area contributed by atoms with Gasteiger partial charge in [0.15, 0.2) is 0 Å². The fourth-order valence-electron chi connectivity index (χ4n) is 5.90. The molecule has 10 heteroatoms. The van der Waals surface area contributed by atoms with Gasteiger partial charge in [-0.2, -0.15) is 0 Å². The van der Waals surface area contributed by atoms with E-state index in [0.29, 0.717) is 22.4 Å². The number of nitrogens with zero attached hydrogens (tertiary/aromatic N) is 3. The number of halogens is 3. The molecule has 1 aliphatic carbocycles. The molecule has 1 N–H and O–H groups in total. The minimum atomic E-state index is -1.06. The summed E-state index contributed by atoms with van der Waals surface area (Å²) >= 11 is 0. The third-order valence-electron chi connectivity index (χ3n) is 8.13. The smallest absolute Gasteiger partial charge is 0.335 e. The van der Waals surface area contributed by atoms with E-state index in [4.69, 9.17) is 14.5 Å². The first-order valence-corrected chi connectivity index (χ1v) is 14.3. The van der Waals surface area contributed by atoms with Gasteiger partial charge in [-0.25, -0.2) is 27.9 Å². The number of benzene rings is 3. The van der Waals surface area contributed by atoms with Gasteiger partial charge in [0, 0.05) is 30.7 Å². The minimum absolute atomic E-state index is 0.0221. The average Bonchev–Trinajstić information content (AvgIpc) is 3.61. The van der Waals surface area contributed by atoms with Gasteiger partial charge < -0.3 is 19.1 Å². The summed E-state index contributed by atoms with van der Waals surface area (Å²) in [5.41, 5.74) is 2.63. The molecule has 0 saturated heterocycles. The summed E-state index contributed by atoms with van der Waals surface area (Å²) in [6.07, 6.45) is 2.38. The molecule has 0 unspecified atom stereocenters. The number of fused-ring (bicyclic) bond motifs is 1. The van der Waals surface area contributed by atoms with Crippen molar-refractivity contribution in [1.82, 2.24) is 14.5 Å². The molecule has 2 atom stereocenters. The molecule has 1 aliphatic rings. The van der Waals surface area contributed by atoms with E-state index < -0.39 is 23.4 Å². The predicted molar refractivity (Wildman–Crippen MR) is 158 cm³/mol. The van der Waals surface area contributed by atoms with Crippen LogP contribution in [0.25, 0.3) is 22.3 Å². The topological polar surface area (TPSA) is 86.5 Å². The number of carbonyl (C=O) groups is 1. The Kier molecular flexibility index (Phi) is 8.09. The monoisotopic (exact) mass is 601 g/mol. The Balaban J connectivity index is 1.30. The van der Waals surface area contributed by atoms with Crippen LogP contribution in [0.5, 0.6) is 5.88 Å². The van der Waals surface area contributed by atoms with Crippen molar-refractivity contribution in [3.63, 3.8) is 0 Å². The summed E-state index contributed by atoms with van der Waals surface area (Å²) in [6, 6.07) is 16.3. The normalized spacial score (nSPS) is 16.5. The highest BCUT2D eigenvalue weighted by atomic mass is 19.1. The van der Waals surface area contributed by atoms with Crippen molar-refractivity contribution in [2.45, 2.75) is 51.4 Å². The number of methoxy groups -OCH3 is 1. The number of pyridine rings is 1. The molecule has 226 valence electrons. The zero-order chi connectivity index (χ0) is 31.0. The summed E-state index contributed by atoms with van der Waals surface area (Å²) in [5.74, 6) is -2.15. The molecular formula is C34H30F3N3O4. The number of rotatable bonds is 9. The average molecular weight is 602 g/mol. The third kappa shape index (κ3) is 5.77. The number of aromatic carboxylic acids is 1. The van der Waals surface area contributed by atoms with Crippen molar-refractivity contribution in [3.8, 4) is 17.1 Å². The van der Waals surface area contributed by atoms with Crippen molar-refractivity contribution < 1.29 is 32.5 Å². The Morgan fingerprint density at radius 3 is 2.55 bits per heavy atom. The molecule has 0 aliphatic heterocycles. The number of carboxylic acids is 1. The molecular weight excluding hydrogens is 571 g/mol. The standard InChI is InChI=1S/C34H30F3N3O4/c1-19-9-10-21(24(35)13-19)18-44-33-8-3-5-27(39-33)23-17-25(36)22(14-26(23)37)16-32-38-28-12-11-20(34(41)42)15-30(28)40(32)29-6-4-7-31(29)43-2/h3,5,8-15,17,29,31H,4,6-7,16,18H2,1-2H3,(H,41,42)/t29-,31-/m0/s1. The van der Waals surface area contributed by atoms with Crippen LogP contribution in [0.2, 0.25) is 0 Å². The maximum Gasteiger partial charge on any atom is 0.335 e. The molecule has 5 aromatic rings. The van der Waals surface area contributed by atoms with Gasteiger partial charge in [-0.3, -0.25) is 0 Å². The molecule has 0 spiro atoms. The molecule has 6 rings (SSSR count). The summed E-state index contributed by atoms with van der Waals surface area (Å²) in [6.45, 7) is 1.72. The van der Waals surface area contributed by atoms with Crippen LogP contribution < -0.4 is 4.74 Å². The summed E-state index contributed by atoms with van der Waals surface area (Å²) in [5, 5.41) is 9.57. The van der Waals surface area contributed by atoms with Crippen LogP contribution >= 0.6 is 0 Å². The SMILES string of the molecule is CO[C@H]1CCC[C@@H]1n1c(Cc2cc(F)c(-c3cccc(OCc4ccc(C)cc4F)n3)cc2F)nc2ccc(C(=O)O)cc21. The quantitative estimate of drug-likeness (QED) is 0.189. The predicted octanol–water partition coefficient (Wildman–Crippen LogP) is 7.43. The first kappa shape index (κ1) is 29.4. The van der Waals surface area contributed by atoms with E-state index in [9.17, 15) is 14.3 Å². The second kappa shape index (κ2) is 12.1. The third-order valence-corrected chi connectivity index (χ3v) is 8.13. The molecule has 1 fully saturated rings. The lowest BCUT2D eigenvalue weighted by atomic mass is 10.0. The van der Waals surface area contributed by atoms with Gasteiger partial charge in [-0.15, -0.1) is 0 Å². The highest BCUT2D eigenvalue weighted by molar-refractivity contribution is 5.92. The van der Waals surface area contributed by atoms with Crippen molar-refractivity contribution >= 4 is 17.0 Å². The fraction of sp³-hybridized carbons (Fsp3) is 0.265. The number of carboxylic acid groups (broad SMARTS) is 1. The van der Waals surface area contributed by atoms with Gasteiger partial charge in [0.1, 0.15) is 29.9 Å². The molecule has 1 saturated carbocycles. The molecule has 2 heterocycles. The van der Waals surface area contributed by atoms with E-state index in [-0.39, 0.29) is 53.4 Å². The van der Waals surface area contributed by atoms with Crippen LogP contribution in [0.3, 0.4) is 0 Å². The zero-order valence-corrected chi connectivity index (χ0v) is 24.2. The lowest BCUT2D eigenvalue weighted by molar-refractivity contribution is 0.0697. The highest BCUT2D eigenvalue weighted by Crippen LogP contribution is 2.37. The van der Waals surface area contributed by atoms with E-state index in [1.165, 1.54) is 12.1 Å². The first-order chi connectivity index (χ1) is 21.2. The van der Waals surface area contributed by atoms with Crippen LogP contribution in [-0.4, -0.2) is 38.8 Å². The molecule has 0 amide bonds. The maximum atomic E-state index is 15.6. The van der Waals surface area contributed by atoms with E-state index >= 15 is 8.78 Å². The Labute approximate surface area is 251 Å². The van der Waals surface area contributed by atoms with Gasteiger partial charge in [0.25, 0.3) is 0 Å². The molecule has 3 aromatic carbocycles. The number of hydrogen-bond acceptors (Lipinski definition) is 5. The molecule has 2 aromatic heterocycles. The Hall–Kier alpha value is -4.70. The largest absolute Gasteiger partial charge is 0.478 e. The van der Waals surface area contributed by atoms with Gasteiger partial charge in [0.2, 0.25) is 5.88 Å². The minimum Gasteiger partial charge on any atom is -0.478 e. The Bertz CT molecular complexity index is 1870. The highest BCUT2D eigenvalue weighted by Gasteiger charge is 2.32. The number of aromatic nitrogens is 3. The molecule has 7 nitrogen and oxygen atoms in total. The van der Waals surface area contributed by atoms with E-state index in [0.717, 1.165) is 37.0 Å². The lowest BCUT2D eigenvalue weighted by Gasteiger charge is -2.23. The van der Waals surface area contributed by atoms with Crippen LogP contribution in [-0.2, 0) is 17.8 Å². The van der Waals surface area contributed by atoms with Crippen LogP contribution in [0.4, 0.5) is 13.2 Å². The van der Waals surface area contributed by atoms with E-state index in [1.54, 1.807) is 56.5 Å². The van der Waals surface area contributed by atoms with Crippen LogP contribution in [0.1, 0.15) is 58.2 Å². The maximum absolute atomic E-state index is 15.6. The van der Waals surface area contributed by atoms with Crippen molar-refractivity contribution in [2.75, 3.05) is 7.11 Å². The van der Waals surface area contributed by atoms with Gasteiger partial charge >= 0.3 is 5.97 Å². The second-order valence-corrected chi connectivity index (χ2v) is 11.0. The number of hydrogen-bond donors (Lipinski definition) is 1. The van der Waals surface area contributed by atoms with E-state index in [1.807, 2.05) is 4.57 Å². The van der Waals surface area contributed by atoms with Crippen LogP contribution in [0.15, 0.2) is 66.7 Å². The van der Waals surface area contributed by atoms with Gasteiger partial charge in [0.05, 0.1) is 34.4 Å². The van der Waals surface area contributed by atoms with Gasteiger partial charge in [-0.1, -0.05) is 18.2 Å². The van der Waals surface area contributed by atoms with Crippen molar-refractivity contribution in [2.24, 2.45) is 0 Å². The Morgan fingerprint density at radius 2 is 1.77 bits per heavy atom. The second-order valence-electron chi connectivity index (χ2n) is 11.0. The Morgan fingerprint density at radius 1 is 0.955 bits per heavy atom. The molecule has 0 bridgehead atoms. The fourth-order valence-corrected chi connectivity index (χ4v) is 5.90. The van der Waals surface area contributed by atoms with Crippen molar-refractivity contribution in [1.29, 1.82) is 0 Å². The summed E-state index contributed by atoms with van der Waals surface area (Å²) in [7, 11) is 1.63. The first-order valence-electron chi connectivity index (χ1n) is 14.3. The van der Waals surface area contributed by atoms with Gasteiger partial charge in [-0.05, 0) is 79.8 Å². The number of imidazole rings is 1.